The standard InChI is InChI=1S/C24H16ClN3O4/c1-31-21-10-14(6-8-19(21)29)13-26-28-23(27-18-5-3-2-4-17(18)24(28)30)22-12-15-11-16(25)7-9-20(15)32-22/h2-13,29H,1H3. The van der Waals surface area contributed by atoms with Crippen LogP contribution >= 0.6 is 11.6 Å². The Balaban J connectivity index is 1.71. The SMILES string of the molecule is COc1cc(C=Nn2c(-c3cc4cc(Cl)ccc4o3)nc3ccccc3c2=O)ccc1O. The molecule has 0 fully saturated rings. The third-order valence-corrected chi connectivity index (χ3v) is 5.21. The van der Waals surface area contributed by atoms with E-state index < -0.39 is 0 Å². The Kier molecular flexibility index (Phi) is 4.88. The van der Waals surface area contributed by atoms with Crippen LogP contribution in [0.3, 0.4) is 0 Å². The Labute approximate surface area is 186 Å². The fraction of sp³-hybridized carbons (Fsp3) is 0.0417. The normalized spacial score (nSPS) is 11.6. The summed E-state index contributed by atoms with van der Waals surface area (Å²) in [6, 6.07) is 18.8. The summed E-state index contributed by atoms with van der Waals surface area (Å²) < 4.78 is 12.3. The van der Waals surface area contributed by atoms with E-state index in [9.17, 15) is 9.90 Å². The molecule has 158 valence electrons. The smallest absolute Gasteiger partial charge is 0.282 e. The van der Waals surface area contributed by atoms with E-state index in [0.717, 1.165) is 5.39 Å². The van der Waals surface area contributed by atoms with Crippen molar-refractivity contribution in [3.05, 3.63) is 87.7 Å². The fourth-order valence-corrected chi connectivity index (χ4v) is 3.59. The minimum absolute atomic E-state index is 0.0100. The molecule has 3 aromatic carbocycles. The minimum Gasteiger partial charge on any atom is -0.504 e. The molecule has 0 radical (unpaired) electrons. The number of furan rings is 1. The Morgan fingerprint density at radius 2 is 1.97 bits per heavy atom. The summed E-state index contributed by atoms with van der Waals surface area (Å²) in [5.74, 6) is 0.941. The third-order valence-electron chi connectivity index (χ3n) is 4.98. The van der Waals surface area contributed by atoms with Crippen LogP contribution in [0.4, 0.5) is 0 Å². The number of phenols is 1. The van der Waals surface area contributed by atoms with Gasteiger partial charge in [0.25, 0.3) is 5.56 Å². The van der Waals surface area contributed by atoms with Gasteiger partial charge in [0.1, 0.15) is 5.58 Å². The molecule has 0 amide bonds. The minimum atomic E-state index is -0.342. The first kappa shape index (κ1) is 19.8. The number of hydrogen-bond donors (Lipinski definition) is 1. The molecule has 7 nitrogen and oxygen atoms in total. The Bertz CT molecular complexity index is 1570. The number of aromatic hydroxyl groups is 1. The summed E-state index contributed by atoms with van der Waals surface area (Å²) in [4.78, 5) is 17.9. The van der Waals surface area contributed by atoms with Gasteiger partial charge in [-0.2, -0.15) is 9.78 Å². The molecule has 1 N–H and O–H groups in total. The van der Waals surface area contributed by atoms with Crippen molar-refractivity contribution >= 4 is 39.7 Å². The van der Waals surface area contributed by atoms with E-state index in [0.29, 0.717) is 38.6 Å². The van der Waals surface area contributed by atoms with Crippen LogP contribution in [0.5, 0.6) is 11.5 Å². The molecule has 0 aliphatic heterocycles. The van der Waals surface area contributed by atoms with E-state index in [-0.39, 0.29) is 17.1 Å². The van der Waals surface area contributed by atoms with Crippen molar-refractivity contribution in [2.75, 3.05) is 7.11 Å². The van der Waals surface area contributed by atoms with Crippen LogP contribution < -0.4 is 10.3 Å². The molecule has 0 aliphatic carbocycles. The number of benzene rings is 3. The predicted molar refractivity (Wildman–Crippen MR) is 124 cm³/mol. The van der Waals surface area contributed by atoms with Gasteiger partial charge in [0.15, 0.2) is 17.3 Å². The maximum absolute atomic E-state index is 13.3. The van der Waals surface area contributed by atoms with Gasteiger partial charge in [-0.3, -0.25) is 4.79 Å². The Hall–Kier alpha value is -4.10. The molecule has 0 unspecified atom stereocenters. The average Bonchev–Trinajstić information content (AvgIpc) is 3.22. The van der Waals surface area contributed by atoms with E-state index in [1.807, 2.05) is 6.07 Å². The fourth-order valence-electron chi connectivity index (χ4n) is 3.41. The van der Waals surface area contributed by atoms with Crippen molar-refractivity contribution in [1.82, 2.24) is 9.66 Å². The highest BCUT2D eigenvalue weighted by molar-refractivity contribution is 6.31. The summed E-state index contributed by atoms with van der Waals surface area (Å²) in [6.07, 6.45) is 1.49. The lowest BCUT2D eigenvalue weighted by Crippen LogP contribution is -2.20. The van der Waals surface area contributed by atoms with Gasteiger partial charge in [-0.25, -0.2) is 4.98 Å². The van der Waals surface area contributed by atoms with Crippen molar-refractivity contribution < 1.29 is 14.3 Å². The molecule has 2 heterocycles. The number of fused-ring (bicyclic) bond motifs is 2. The molecular formula is C24H16ClN3O4. The van der Waals surface area contributed by atoms with E-state index in [1.54, 1.807) is 54.6 Å². The van der Waals surface area contributed by atoms with Gasteiger partial charge in [0, 0.05) is 10.4 Å². The van der Waals surface area contributed by atoms with Crippen LogP contribution in [0.25, 0.3) is 33.5 Å². The number of nitrogens with zero attached hydrogens (tertiary/aromatic N) is 3. The van der Waals surface area contributed by atoms with Gasteiger partial charge in [-0.1, -0.05) is 23.7 Å². The zero-order valence-electron chi connectivity index (χ0n) is 16.8. The van der Waals surface area contributed by atoms with Crippen molar-refractivity contribution in [2.45, 2.75) is 0 Å². The Morgan fingerprint density at radius 3 is 2.81 bits per heavy atom. The maximum atomic E-state index is 13.3. The number of halogens is 1. The second-order valence-corrected chi connectivity index (χ2v) is 7.47. The van der Waals surface area contributed by atoms with Gasteiger partial charge in [-0.05, 0) is 60.2 Å². The number of para-hydroxylation sites is 1. The highest BCUT2D eigenvalue weighted by atomic mass is 35.5. The zero-order valence-corrected chi connectivity index (χ0v) is 17.6. The van der Waals surface area contributed by atoms with E-state index in [2.05, 4.69) is 10.1 Å². The largest absolute Gasteiger partial charge is 0.504 e. The lowest BCUT2D eigenvalue weighted by molar-refractivity contribution is 0.373. The second-order valence-electron chi connectivity index (χ2n) is 7.04. The first-order chi connectivity index (χ1) is 15.5. The number of rotatable bonds is 4. The van der Waals surface area contributed by atoms with Crippen molar-refractivity contribution in [3.8, 4) is 23.1 Å². The topological polar surface area (TPSA) is 89.9 Å². The van der Waals surface area contributed by atoms with Gasteiger partial charge in [0.2, 0.25) is 5.82 Å². The van der Waals surface area contributed by atoms with E-state index in [1.165, 1.54) is 24.1 Å². The van der Waals surface area contributed by atoms with Crippen molar-refractivity contribution in [1.29, 1.82) is 0 Å². The Morgan fingerprint density at radius 1 is 1.12 bits per heavy atom. The number of methoxy groups -OCH3 is 1. The van der Waals surface area contributed by atoms with Crippen molar-refractivity contribution in [2.24, 2.45) is 5.10 Å². The maximum Gasteiger partial charge on any atom is 0.282 e. The van der Waals surface area contributed by atoms with Gasteiger partial charge < -0.3 is 14.3 Å². The van der Waals surface area contributed by atoms with Gasteiger partial charge >= 0.3 is 0 Å². The van der Waals surface area contributed by atoms with E-state index in [4.69, 9.17) is 20.8 Å². The average molecular weight is 446 g/mol. The first-order valence-electron chi connectivity index (χ1n) is 9.66. The molecule has 0 saturated heterocycles. The highest BCUT2D eigenvalue weighted by Gasteiger charge is 2.16. The van der Waals surface area contributed by atoms with Gasteiger partial charge in [0.05, 0.1) is 24.2 Å². The lowest BCUT2D eigenvalue weighted by Gasteiger charge is -2.07. The molecule has 0 saturated carbocycles. The number of hydrogen-bond acceptors (Lipinski definition) is 6. The number of phenolic OH excluding ortho intramolecular Hbond substituents is 1. The lowest BCUT2D eigenvalue weighted by atomic mass is 10.2. The first-order valence-corrected chi connectivity index (χ1v) is 10.0. The predicted octanol–water partition coefficient (Wildman–Crippen LogP) is 5.06. The molecule has 0 atom stereocenters. The number of ether oxygens (including phenoxy) is 1. The molecule has 8 heteroatoms. The summed E-state index contributed by atoms with van der Waals surface area (Å²) in [5, 5.41) is 16.0. The second kappa shape index (κ2) is 7.86. The molecule has 0 aliphatic rings. The summed E-state index contributed by atoms with van der Waals surface area (Å²) >= 11 is 6.10. The monoisotopic (exact) mass is 445 g/mol. The molecule has 5 aromatic rings. The summed E-state index contributed by atoms with van der Waals surface area (Å²) in [6.45, 7) is 0. The highest BCUT2D eigenvalue weighted by Crippen LogP contribution is 2.29. The van der Waals surface area contributed by atoms with Crippen molar-refractivity contribution in [3.63, 3.8) is 0 Å². The van der Waals surface area contributed by atoms with Crippen LogP contribution in [0, 0.1) is 0 Å². The van der Waals surface area contributed by atoms with Crippen LogP contribution in [0.1, 0.15) is 5.56 Å². The molecule has 32 heavy (non-hydrogen) atoms. The number of aromatic nitrogens is 2. The molecule has 0 bridgehead atoms. The molecule has 5 rings (SSSR count). The van der Waals surface area contributed by atoms with Crippen LogP contribution in [0.15, 0.2) is 81.0 Å². The third kappa shape index (κ3) is 3.48. The zero-order chi connectivity index (χ0) is 22.2. The van der Waals surface area contributed by atoms with E-state index >= 15 is 0 Å². The van der Waals surface area contributed by atoms with Gasteiger partial charge in [-0.15, -0.1) is 0 Å². The summed E-state index contributed by atoms with van der Waals surface area (Å²) in [5.41, 5.74) is 1.43. The van der Waals surface area contributed by atoms with Crippen LogP contribution in [0.2, 0.25) is 5.02 Å². The molecule has 0 spiro atoms. The van der Waals surface area contributed by atoms with Crippen LogP contribution in [-0.2, 0) is 0 Å². The van der Waals surface area contributed by atoms with Crippen LogP contribution in [-0.4, -0.2) is 28.1 Å². The summed E-state index contributed by atoms with van der Waals surface area (Å²) in [7, 11) is 1.46. The molecule has 2 aromatic heterocycles. The quantitative estimate of drug-likeness (QED) is 0.390. The molecular weight excluding hydrogens is 430 g/mol.